The highest BCUT2D eigenvalue weighted by molar-refractivity contribution is 5.28. The fraction of sp³-hybridized carbons (Fsp3) is 0.818. The van der Waals surface area contributed by atoms with Crippen molar-refractivity contribution in [1.82, 2.24) is 15.5 Å². The molecule has 0 amide bonds. The van der Waals surface area contributed by atoms with E-state index in [1.165, 1.54) is 12.8 Å². The van der Waals surface area contributed by atoms with Crippen LogP contribution in [0.5, 0.6) is 0 Å². The molecular formula is C11H20N4O2. The molecule has 0 bridgehead atoms. The van der Waals surface area contributed by atoms with Crippen molar-refractivity contribution in [3.63, 3.8) is 0 Å². The second kappa shape index (κ2) is 5.97. The average molecular weight is 240 g/mol. The summed E-state index contributed by atoms with van der Waals surface area (Å²) in [5.41, 5.74) is 0. The topological polar surface area (TPSA) is 63.4 Å². The first-order chi connectivity index (χ1) is 8.33. The number of nitrogens with zero attached hydrogens (tertiary/aromatic N) is 3. The zero-order chi connectivity index (χ0) is 12.1. The van der Waals surface area contributed by atoms with Gasteiger partial charge < -0.3 is 19.5 Å². The van der Waals surface area contributed by atoms with E-state index in [1.54, 1.807) is 7.11 Å². The molecule has 1 fully saturated rings. The average Bonchev–Trinajstić information content (AvgIpc) is 2.98. The van der Waals surface area contributed by atoms with Crippen LogP contribution in [-0.4, -0.2) is 50.0 Å². The van der Waals surface area contributed by atoms with Gasteiger partial charge in [-0.3, -0.25) is 0 Å². The Morgan fingerprint density at radius 2 is 2.24 bits per heavy atom. The van der Waals surface area contributed by atoms with E-state index in [4.69, 9.17) is 9.26 Å². The van der Waals surface area contributed by atoms with Gasteiger partial charge in [0.2, 0.25) is 5.89 Å². The van der Waals surface area contributed by atoms with Gasteiger partial charge in [0.05, 0.1) is 6.61 Å². The standard InChI is InChI=1S/C11H20N4O2/c1-12-9(8-16-2)7-10-13-11(14-17-10)15-5-3-4-6-15/h9,12H,3-8H2,1-2H3. The van der Waals surface area contributed by atoms with E-state index >= 15 is 0 Å². The number of hydrogen-bond acceptors (Lipinski definition) is 6. The molecule has 6 nitrogen and oxygen atoms in total. The number of hydrogen-bond donors (Lipinski definition) is 1. The molecule has 96 valence electrons. The summed E-state index contributed by atoms with van der Waals surface area (Å²) >= 11 is 0. The zero-order valence-electron chi connectivity index (χ0n) is 10.5. The minimum atomic E-state index is 0.215. The van der Waals surface area contributed by atoms with Crippen molar-refractivity contribution in [3.05, 3.63) is 5.89 Å². The number of nitrogens with one attached hydrogen (secondary N) is 1. The van der Waals surface area contributed by atoms with Crippen LogP contribution in [0.4, 0.5) is 5.95 Å². The van der Waals surface area contributed by atoms with Crippen LogP contribution < -0.4 is 10.2 Å². The van der Waals surface area contributed by atoms with Crippen molar-refractivity contribution < 1.29 is 9.26 Å². The lowest BCUT2D eigenvalue weighted by Crippen LogP contribution is -2.32. The molecule has 1 aliphatic rings. The van der Waals surface area contributed by atoms with Crippen LogP contribution in [0.25, 0.3) is 0 Å². The highest BCUT2D eigenvalue weighted by Crippen LogP contribution is 2.16. The van der Waals surface area contributed by atoms with Crippen molar-refractivity contribution in [2.75, 3.05) is 38.8 Å². The maximum Gasteiger partial charge on any atom is 0.266 e. The molecule has 0 spiro atoms. The van der Waals surface area contributed by atoms with Gasteiger partial charge in [0.15, 0.2) is 0 Å². The normalized spacial score (nSPS) is 17.6. The first-order valence-corrected chi connectivity index (χ1v) is 6.07. The minimum absolute atomic E-state index is 0.215. The number of rotatable bonds is 6. The van der Waals surface area contributed by atoms with Crippen molar-refractivity contribution in [1.29, 1.82) is 0 Å². The maximum absolute atomic E-state index is 5.26. The summed E-state index contributed by atoms with van der Waals surface area (Å²) in [6.07, 6.45) is 3.13. The third kappa shape index (κ3) is 3.17. The second-order valence-electron chi connectivity index (χ2n) is 4.33. The maximum atomic E-state index is 5.26. The van der Waals surface area contributed by atoms with Crippen LogP contribution in [0.2, 0.25) is 0 Å². The number of aromatic nitrogens is 2. The molecule has 1 aromatic heterocycles. The summed E-state index contributed by atoms with van der Waals surface area (Å²) in [5, 5.41) is 7.18. The summed E-state index contributed by atoms with van der Waals surface area (Å²) in [6, 6.07) is 0.215. The predicted octanol–water partition coefficient (Wildman–Crippen LogP) is 0.447. The highest BCUT2D eigenvalue weighted by Gasteiger charge is 2.19. The molecule has 1 N–H and O–H groups in total. The molecule has 1 atom stereocenters. The van der Waals surface area contributed by atoms with E-state index < -0.39 is 0 Å². The van der Waals surface area contributed by atoms with Crippen LogP contribution in [0, 0.1) is 0 Å². The molecular weight excluding hydrogens is 220 g/mol. The Morgan fingerprint density at radius 1 is 1.47 bits per heavy atom. The first kappa shape index (κ1) is 12.3. The first-order valence-electron chi connectivity index (χ1n) is 6.07. The Bertz CT molecular complexity index is 336. The van der Waals surface area contributed by atoms with E-state index in [0.717, 1.165) is 19.0 Å². The molecule has 2 rings (SSSR count). The third-order valence-electron chi connectivity index (χ3n) is 3.04. The molecule has 2 heterocycles. The molecule has 6 heteroatoms. The van der Waals surface area contributed by atoms with Crippen molar-refractivity contribution in [2.24, 2.45) is 0 Å². The SMILES string of the molecule is CNC(COC)Cc1nc(N2CCCC2)no1. The Kier molecular flexibility index (Phi) is 4.33. The van der Waals surface area contributed by atoms with Gasteiger partial charge in [-0.2, -0.15) is 4.98 Å². The largest absolute Gasteiger partial charge is 0.383 e. The quantitative estimate of drug-likeness (QED) is 0.778. The number of methoxy groups -OCH3 is 1. The van der Waals surface area contributed by atoms with Crippen LogP contribution in [0.3, 0.4) is 0 Å². The van der Waals surface area contributed by atoms with Gasteiger partial charge in [-0.1, -0.05) is 0 Å². The molecule has 0 radical (unpaired) electrons. The van der Waals surface area contributed by atoms with Crippen molar-refractivity contribution >= 4 is 5.95 Å². The predicted molar refractivity (Wildman–Crippen MR) is 64.2 cm³/mol. The van der Waals surface area contributed by atoms with E-state index in [9.17, 15) is 0 Å². The van der Waals surface area contributed by atoms with Gasteiger partial charge >= 0.3 is 0 Å². The van der Waals surface area contributed by atoms with E-state index in [1.807, 2.05) is 7.05 Å². The summed E-state index contributed by atoms with van der Waals surface area (Å²) in [5.74, 6) is 1.40. The van der Waals surface area contributed by atoms with Gasteiger partial charge in [0, 0.05) is 32.7 Å². The molecule has 0 aliphatic carbocycles. The van der Waals surface area contributed by atoms with Crippen LogP contribution in [0.15, 0.2) is 4.52 Å². The molecule has 1 aliphatic heterocycles. The molecule has 1 aromatic rings. The van der Waals surface area contributed by atoms with E-state index in [-0.39, 0.29) is 6.04 Å². The van der Waals surface area contributed by atoms with Gasteiger partial charge in [0.1, 0.15) is 0 Å². The highest BCUT2D eigenvalue weighted by atomic mass is 16.5. The van der Waals surface area contributed by atoms with E-state index in [0.29, 0.717) is 18.9 Å². The molecule has 0 aromatic carbocycles. The smallest absolute Gasteiger partial charge is 0.266 e. The lowest BCUT2D eigenvalue weighted by molar-refractivity contribution is 0.165. The lowest BCUT2D eigenvalue weighted by atomic mass is 10.2. The van der Waals surface area contributed by atoms with E-state index in [2.05, 4.69) is 20.4 Å². The van der Waals surface area contributed by atoms with Crippen LogP contribution in [0.1, 0.15) is 18.7 Å². The fourth-order valence-electron chi connectivity index (χ4n) is 2.03. The van der Waals surface area contributed by atoms with Gasteiger partial charge in [-0.25, -0.2) is 0 Å². The molecule has 1 unspecified atom stereocenters. The Morgan fingerprint density at radius 3 is 2.88 bits per heavy atom. The molecule has 17 heavy (non-hydrogen) atoms. The lowest BCUT2D eigenvalue weighted by Gasteiger charge is -2.12. The summed E-state index contributed by atoms with van der Waals surface area (Å²) < 4.78 is 10.4. The number of anilines is 1. The minimum Gasteiger partial charge on any atom is -0.383 e. The summed E-state index contributed by atoms with van der Waals surface area (Å²) in [6.45, 7) is 2.71. The fourth-order valence-corrected chi connectivity index (χ4v) is 2.03. The Hall–Kier alpha value is -1.14. The van der Waals surface area contributed by atoms with Crippen molar-refractivity contribution in [3.8, 4) is 0 Å². The van der Waals surface area contributed by atoms with Gasteiger partial charge in [-0.15, -0.1) is 0 Å². The van der Waals surface area contributed by atoms with Crippen molar-refractivity contribution in [2.45, 2.75) is 25.3 Å². The number of ether oxygens (including phenoxy) is 1. The van der Waals surface area contributed by atoms with Gasteiger partial charge in [-0.05, 0) is 25.0 Å². The third-order valence-corrected chi connectivity index (χ3v) is 3.04. The second-order valence-corrected chi connectivity index (χ2v) is 4.33. The van der Waals surface area contributed by atoms with Crippen LogP contribution in [-0.2, 0) is 11.2 Å². The zero-order valence-corrected chi connectivity index (χ0v) is 10.5. The monoisotopic (exact) mass is 240 g/mol. The number of likely N-dealkylation sites (N-methyl/N-ethyl adjacent to an activating group) is 1. The summed E-state index contributed by atoms with van der Waals surface area (Å²) in [4.78, 5) is 6.58. The summed E-state index contributed by atoms with van der Waals surface area (Å²) in [7, 11) is 3.59. The molecule has 1 saturated heterocycles. The molecule has 0 saturated carbocycles. The Labute approximate surface area is 101 Å². The van der Waals surface area contributed by atoms with Gasteiger partial charge in [0.25, 0.3) is 5.95 Å². The Balaban J connectivity index is 1.92. The van der Waals surface area contributed by atoms with Crippen LogP contribution >= 0.6 is 0 Å².